The fourth-order valence-electron chi connectivity index (χ4n) is 6.13. The minimum Gasteiger partial charge on any atom is -1.00 e. The van der Waals surface area contributed by atoms with Gasteiger partial charge in [-0.15, -0.1) is 0 Å². The number of carbonyl (C=O) groups excluding carboxylic acids is 2. The van der Waals surface area contributed by atoms with E-state index in [2.05, 4.69) is 42.0 Å². The van der Waals surface area contributed by atoms with E-state index in [1.54, 1.807) is 0 Å². The first-order valence-electron chi connectivity index (χ1n) is 20.1. The summed E-state index contributed by atoms with van der Waals surface area (Å²) in [4.78, 5) is 24.3. The van der Waals surface area contributed by atoms with Crippen molar-refractivity contribution in [2.24, 2.45) is 0 Å². The Hall–Kier alpha value is -0.560. The van der Waals surface area contributed by atoms with Crippen molar-refractivity contribution < 1.29 is 52.8 Å². The van der Waals surface area contributed by atoms with E-state index >= 15 is 0 Å². The lowest BCUT2D eigenvalue weighted by atomic mass is 10.1. The van der Waals surface area contributed by atoms with Crippen LogP contribution in [0.1, 0.15) is 181 Å². The summed E-state index contributed by atoms with van der Waals surface area (Å²) in [6.45, 7) is 9.60. The van der Waals surface area contributed by atoms with Crippen molar-refractivity contribution in [3.05, 3.63) is 0 Å². The van der Waals surface area contributed by atoms with E-state index in [0.717, 1.165) is 60.8 Å². The zero-order chi connectivity index (χ0) is 34.2. The second kappa shape index (κ2) is 36.2. The van der Waals surface area contributed by atoms with Crippen LogP contribution in [0.5, 0.6) is 0 Å². The van der Waals surface area contributed by atoms with Crippen LogP contribution in [0.4, 0.5) is 0 Å². The van der Waals surface area contributed by atoms with E-state index in [1.807, 2.05) is 0 Å². The standard InChI is InChI=1S/C40H82N2O4.2ClH/c1-7-9-11-13-15-17-19-21-25-29-33-41(3,4)35-37-45-39(43)31-27-23-24-28-32-40(44)46-38-36-42(5,6)34-30-26-22-20-18-16-14-12-10-8-2;;/h7-38H2,1-6H3;2*1H/q+2;;/p-2. The first-order chi connectivity index (χ1) is 22.1. The van der Waals surface area contributed by atoms with Gasteiger partial charge in [-0.1, -0.05) is 129 Å². The van der Waals surface area contributed by atoms with Gasteiger partial charge in [0, 0.05) is 12.8 Å². The van der Waals surface area contributed by atoms with E-state index < -0.39 is 0 Å². The van der Waals surface area contributed by atoms with Crippen molar-refractivity contribution >= 4 is 11.9 Å². The van der Waals surface area contributed by atoms with Crippen LogP contribution in [0.2, 0.25) is 0 Å². The van der Waals surface area contributed by atoms with Gasteiger partial charge in [0.15, 0.2) is 0 Å². The number of unbranched alkanes of at least 4 members (excludes halogenated alkanes) is 21. The number of esters is 2. The Labute approximate surface area is 312 Å². The predicted octanol–water partition coefficient (Wildman–Crippen LogP) is 4.42. The first-order valence-corrected chi connectivity index (χ1v) is 20.1. The van der Waals surface area contributed by atoms with Gasteiger partial charge >= 0.3 is 11.9 Å². The molecule has 0 aromatic carbocycles. The highest BCUT2D eigenvalue weighted by molar-refractivity contribution is 5.69. The molecule has 0 aliphatic carbocycles. The van der Waals surface area contributed by atoms with Crippen LogP contribution in [-0.2, 0) is 19.1 Å². The molecule has 0 saturated carbocycles. The highest BCUT2D eigenvalue weighted by Gasteiger charge is 2.17. The van der Waals surface area contributed by atoms with Gasteiger partial charge in [-0.3, -0.25) is 9.59 Å². The maximum Gasteiger partial charge on any atom is 0.305 e. The molecule has 0 bridgehead atoms. The number of rotatable bonds is 35. The molecule has 0 saturated heterocycles. The van der Waals surface area contributed by atoms with Crippen LogP contribution in [0.3, 0.4) is 0 Å². The summed E-state index contributed by atoms with van der Waals surface area (Å²) in [7, 11) is 8.97. The topological polar surface area (TPSA) is 52.6 Å². The van der Waals surface area contributed by atoms with Crippen molar-refractivity contribution in [1.29, 1.82) is 0 Å². The molecule has 0 aromatic rings. The van der Waals surface area contributed by atoms with Crippen molar-refractivity contribution in [1.82, 2.24) is 0 Å². The summed E-state index contributed by atoms with van der Waals surface area (Å²) in [5.74, 6) is -0.172. The van der Waals surface area contributed by atoms with Gasteiger partial charge < -0.3 is 43.3 Å². The Morgan fingerprint density at radius 3 is 0.917 bits per heavy atom. The molecule has 0 aromatic heterocycles. The van der Waals surface area contributed by atoms with Crippen molar-refractivity contribution in [3.8, 4) is 0 Å². The van der Waals surface area contributed by atoms with Crippen LogP contribution in [0.15, 0.2) is 0 Å². The normalized spacial score (nSPS) is 11.5. The van der Waals surface area contributed by atoms with Gasteiger partial charge in [-0.25, -0.2) is 0 Å². The lowest BCUT2D eigenvalue weighted by Gasteiger charge is -2.29. The molecule has 8 heteroatoms. The van der Waals surface area contributed by atoms with Crippen LogP contribution in [0.25, 0.3) is 0 Å². The summed E-state index contributed by atoms with van der Waals surface area (Å²) < 4.78 is 12.9. The van der Waals surface area contributed by atoms with Crippen LogP contribution in [0, 0.1) is 0 Å². The highest BCUT2D eigenvalue weighted by Crippen LogP contribution is 2.14. The van der Waals surface area contributed by atoms with Gasteiger partial charge in [0.05, 0.1) is 41.3 Å². The van der Waals surface area contributed by atoms with E-state index in [1.165, 1.54) is 128 Å². The average Bonchev–Trinajstić information content (AvgIpc) is 3.00. The minimum absolute atomic E-state index is 0. The number of hydrogen-bond donors (Lipinski definition) is 0. The molecule has 48 heavy (non-hydrogen) atoms. The zero-order valence-corrected chi connectivity index (χ0v) is 34.4. The molecule has 0 heterocycles. The molecule has 0 radical (unpaired) electrons. The molecule has 0 rings (SSSR count). The van der Waals surface area contributed by atoms with E-state index in [0.29, 0.717) is 26.1 Å². The van der Waals surface area contributed by atoms with Crippen LogP contribution >= 0.6 is 0 Å². The smallest absolute Gasteiger partial charge is 0.305 e. The number of quaternary nitrogens is 2. The molecule has 0 atom stereocenters. The second-order valence-corrected chi connectivity index (χ2v) is 15.5. The van der Waals surface area contributed by atoms with E-state index in [-0.39, 0.29) is 36.8 Å². The third-order valence-electron chi connectivity index (χ3n) is 9.67. The molecule has 6 nitrogen and oxygen atoms in total. The fraction of sp³-hybridized carbons (Fsp3) is 0.950. The molecule has 290 valence electrons. The molecule has 0 N–H and O–H groups in total. The molecule has 0 spiro atoms. The first kappa shape index (κ1) is 51.8. The van der Waals surface area contributed by atoms with Gasteiger partial charge in [-0.2, -0.15) is 0 Å². The second-order valence-electron chi connectivity index (χ2n) is 15.5. The van der Waals surface area contributed by atoms with Crippen molar-refractivity contribution in [2.45, 2.75) is 181 Å². The molecular weight excluding hydrogens is 643 g/mol. The Morgan fingerprint density at radius 1 is 0.375 bits per heavy atom. The number of halogens is 2. The minimum atomic E-state index is -0.0862. The molecule has 0 aliphatic rings. The monoisotopic (exact) mass is 725 g/mol. The fourth-order valence-corrected chi connectivity index (χ4v) is 6.13. The molecule has 0 aliphatic heterocycles. The van der Waals surface area contributed by atoms with Gasteiger partial charge in [0.2, 0.25) is 0 Å². The quantitative estimate of drug-likeness (QED) is 0.0553. The largest absolute Gasteiger partial charge is 1.00 e. The summed E-state index contributed by atoms with van der Waals surface area (Å²) in [5.41, 5.74) is 0. The molecule has 0 unspecified atom stereocenters. The Morgan fingerprint density at radius 2 is 0.625 bits per heavy atom. The Kier molecular flexibility index (Phi) is 39.1. The summed E-state index contributed by atoms with van der Waals surface area (Å²) in [6.07, 6.45) is 31.7. The molecule has 0 amide bonds. The maximum atomic E-state index is 12.2. The highest BCUT2D eigenvalue weighted by atomic mass is 35.5. The summed E-state index contributed by atoms with van der Waals surface area (Å²) in [6, 6.07) is 0. The van der Waals surface area contributed by atoms with Crippen LogP contribution < -0.4 is 24.8 Å². The Balaban J connectivity index is -0.0000101. The SMILES string of the molecule is CCCCCCCCCCCC[N+](C)(C)CCOC(=O)CCCCCCC(=O)OCC[N+](C)(C)CCCCCCCCCCCC.[Cl-].[Cl-]. The average molecular weight is 726 g/mol. The van der Waals surface area contributed by atoms with Crippen molar-refractivity contribution in [3.63, 3.8) is 0 Å². The lowest BCUT2D eigenvalue weighted by molar-refractivity contribution is -0.890. The third kappa shape index (κ3) is 38.2. The van der Waals surface area contributed by atoms with Gasteiger partial charge in [-0.05, 0) is 38.5 Å². The lowest BCUT2D eigenvalue weighted by Crippen LogP contribution is -3.00. The Bertz CT molecular complexity index is 649. The zero-order valence-electron chi connectivity index (χ0n) is 32.9. The van der Waals surface area contributed by atoms with Gasteiger partial charge in [0.25, 0.3) is 0 Å². The number of carbonyl (C=O) groups is 2. The third-order valence-corrected chi connectivity index (χ3v) is 9.67. The van der Waals surface area contributed by atoms with E-state index in [4.69, 9.17) is 9.47 Å². The van der Waals surface area contributed by atoms with Crippen LogP contribution in [-0.4, -0.2) is 88.5 Å². The molecule has 0 fully saturated rings. The number of ether oxygens (including phenoxy) is 2. The summed E-state index contributed by atoms with van der Waals surface area (Å²) in [5, 5.41) is 0. The number of hydrogen-bond acceptors (Lipinski definition) is 4. The summed E-state index contributed by atoms with van der Waals surface area (Å²) >= 11 is 0. The van der Waals surface area contributed by atoms with Crippen molar-refractivity contribution in [2.75, 3.05) is 67.6 Å². The number of likely N-dealkylation sites (N-methyl/N-ethyl adjacent to an activating group) is 2. The molecular formula is C40H82Cl2N2O4. The van der Waals surface area contributed by atoms with E-state index in [9.17, 15) is 9.59 Å². The maximum absolute atomic E-state index is 12.2. The number of nitrogens with zero attached hydrogens (tertiary/aromatic N) is 2. The predicted molar refractivity (Wildman–Crippen MR) is 197 cm³/mol. The van der Waals surface area contributed by atoms with Gasteiger partial charge in [0.1, 0.15) is 26.3 Å².